The number of fused-ring (bicyclic) bond motifs is 1. The minimum absolute atomic E-state index is 0.620. The third kappa shape index (κ3) is 1.72. The SMILES string of the molecule is NCCc1nccc2cc(Cl)ccc12. The lowest BCUT2D eigenvalue weighted by molar-refractivity contribution is 0.935. The fourth-order valence-corrected chi connectivity index (χ4v) is 1.73. The first-order valence-corrected chi connectivity index (χ1v) is 4.92. The van der Waals surface area contributed by atoms with Crippen LogP contribution in [0.15, 0.2) is 30.5 Å². The zero-order chi connectivity index (χ0) is 9.97. The largest absolute Gasteiger partial charge is 0.330 e. The Morgan fingerprint density at radius 1 is 1.29 bits per heavy atom. The summed E-state index contributed by atoms with van der Waals surface area (Å²) in [6, 6.07) is 7.78. The maximum atomic E-state index is 5.90. The van der Waals surface area contributed by atoms with Gasteiger partial charge in [-0.3, -0.25) is 4.98 Å². The molecule has 0 aliphatic rings. The normalized spacial score (nSPS) is 10.7. The molecule has 0 saturated carbocycles. The van der Waals surface area contributed by atoms with E-state index in [4.69, 9.17) is 17.3 Å². The van der Waals surface area contributed by atoms with Gasteiger partial charge in [0, 0.05) is 28.7 Å². The van der Waals surface area contributed by atoms with Crippen molar-refractivity contribution in [3.05, 3.63) is 41.2 Å². The highest BCUT2D eigenvalue weighted by Crippen LogP contribution is 2.21. The van der Waals surface area contributed by atoms with E-state index in [-0.39, 0.29) is 0 Å². The molecule has 2 N–H and O–H groups in total. The molecule has 0 bridgehead atoms. The Balaban J connectivity index is 2.62. The maximum absolute atomic E-state index is 5.90. The first-order valence-electron chi connectivity index (χ1n) is 4.54. The number of hydrogen-bond acceptors (Lipinski definition) is 2. The number of nitrogens with zero attached hydrogens (tertiary/aromatic N) is 1. The molecule has 0 fully saturated rings. The number of aromatic nitrogens is 1. The lowest BCUT2D eigenvalue weighted by Crippen LogP contribution is -2.04. The molecular formula is C11H11ClN2. The molecule has 0 radical (unpaired) electrons. The van der Waals surface area contributed by atoms with E-state index >= 15 is 0 Å². The Bertz CT molecular complexity index is 454. The first kappa shape index (κ1) is 9.44. The van der Waals surface area contributed by atoms with Gasteiger partial charge in [0.1, 0.15) is 0 Å². The Morgan fingerprint density at radius 3 is 2.93 bits per heavy atom. The van der Waals surface area contributed by atoms with Crippen molar-refractivity contribution >= 4 is 22.4 Å². The summed E-state index contributed by atoms with van der Waals surface area (Å²) < 4.78 is 0. The van der Waals surface area contributed by atoms with Crippen molar-refractivity contribution in [2.45, 2.75) is 6.42 Å². The molecule has 2 nitrogen and oxygen atoms in total. The van der Waals surface area contributed by atoms with Crippen LogP contribution >= 0.6 is 11.6 Å². The third-order valence-corrected chi connectivity index (χ3v) is 2.43. The molecule has 0 atom stereocenters. The maximum Gasteiger partial charge on any atom is 0.0494 e. The molecule has 3 heteroatoms. The Labute approximate surface area is 87.7 Å². The lowest BCUT2D eigenvalue weighted by Gasteiger charge is -2.03. The Morgan fingerprint density at radius 2 is 2.14 bits per heavy atom. The van der Waals surface area contributed by atoms with Crippen LogP contribution in [0.3, 0.4) is 0 Å². The van der Waals surface area contributed by atoms with Gasteiger partial charge in [-0.05, 0) is 30.1 Å². The number of benzene rings is 1. The molecule has 14 heavy (non-hydrogen) atoms. The Kier molecular flexibility index (Phi) is 2.66. The number of pyridine rings is 1. The third-order valence-electron chi connectivity index (χ3n) is 2.19. The molecule has 0 spiro atoms. The molecule has 0 aliphatic heterocycles. The van der Waals surface area contributed by atoms with Crippen molar-refractivity contribution in [1.82, 2.24) is 4.98 Å². The zero-order valence-electron chi connectivity index (χ0n) is 7.70. The molecule has 0 aliphatic carbocycles. The molecule has 1 aromatic heterocycles. The van der Waals surface area contributed by atoms with Gasteiger partial charge in [0.25, 0.3) is 0 Å². The van der Waals surface area contributed by atoms with E-state index in [9.17, 15) is 0 Å². The van der Waals surface area contributed by atoms with Gasteiger partial charge < -0.3 is 5.73 Å². The zero-order valence-corrected chi connectivity index (χ0v) is 8.46. The van der Waals surface area contributed by atoms with Crippen molar-refractivity contribution in [2.24, 2.45) is 5.73 Å². The predicted octanol–water partition coefficient (Wildman–Crippen LogP) is 2.39. The summed E-state index contributed by atoms with van der Waals surface area (Å²) in [7, 11) is 0. The van der Waals surface area contributed by atoms with Crippen LogP contribution in [0.5, 0.6) is 0 Å². The van der Waals surface area contributed by atoms with Gasteiger partial charge in [-0.25, -0.2) is 0 Å². The summed E-state index contributed by atoms with van der Waals surface area (Å²) in [6.07, 6.45) is 2.60. The van der Waals surface area contributed by atoms with Gasteiger partial charge in [-0.1, -0.05) is 17.7 Å². The molecule has 2 rings (SSSR count). The van der Waals surface area contributed by atoms with E-state index in [1.165, 1.54) is 0 Å². The number of hydrogen-bond donors (Lipinski definition) is 1. The van der Waals surface area contributed by atoms with Crippen molar-refractivity contribution in [1.29, 1.82) is 0 Å². The minimum Gasteiger partial charge on any atom is -0.330 e. The van der Waals surface area contributed by atoms with E-state index < -0.39 is 0 Å². The monoisotopic (exact) mass is 206 g/mol. The van der Waals surface area contributed by atoms with Crippen LogP contribution in [-0.2, 0) is 6.42 Å². The van der Waals surface area contributed by atoms with E-state index in [0.29, 0.717) is 6.54 Å². The summed E-state index contributed by atoms with van der Waals surface area (Å²) >= 11 is 5.90. The van der Waals surface area contributed by atoms with Crippen molar-refractivity contribution < 1.29 is 0 Å². The van der Waals surface area contributed by atoms with Crippen LogP contribution in [0.4, 0.5) is 0 Å². The molecular weight excluding hydrogens is 196 g/mol. The van der Waals surface area contributed by atoms with Gasteiger partial charge in [-0.15, -0.1) is 0 Å². The number of nitrogens with two attached hydrogens (primary N) is 1. The van der Waals surface area contributed by atoms with Gasteiger partial charge >= 0.3 is 0 Å². The second kappa shape index (κ2) is 3.95. The van der Waals surface area contributed by atoms with Crippen LogP contribution in [0.1, 0.15) is 5.69 Å². The van der Waals surface area contributed by atoms with E-state index in [1.807, 2.05) is 24.3 Å². The Hall–Kier alpha value is -1.12. The van der Waals surface area contributed by atoms with Crippen LogP contribution in [0.25, 0.3) is 10.8 Å². The fourth-order valence-electron chi connectivity index (χ4n) is 1.55. The minimum atomic E-state index is 0.620. The van der Waals surface area contributed by atoms with Crippen molar-refractivity contribution in [3.8, 4) is 0 Å². The molecule has 1 aromatic carbocycles. The highest BCUT2D eigenvalue weighted by atomic mass is 35.5. The van der Waals surface area contributed by atoms with Gasteiger partial charge in [0.05, 0.1) is 0 Å². The molecule has 1 heterocycles. The van der Waals surface area contributed by atoms with Crippen LogP contribution in [-0.4, -0.2) is 11.5 Å². The molecule has 72 valence electrons. The van der Waals surface area contributed by atoms with Crippen molar-refractivity contribution in [3.63, 3.8) is 0 Å². The van der Waals surface area contributed by atoms with Crippen molar-refractivity contribution in [2.75, 3.05) is 6.54 Å². The van der Waals surface area contributed by atoms with Crippen LogP contribution in [0.2, 0.25) is 5.02 Å². The van der Waals surface area contributed by atoms with Crippen LogP contribution < -0.4 is 5.73 Å². The molecule has 2 aromatic rings. The second-order valence-corrected chi connectivity index (χ2v) is 3.60. The van der Waals surface area contributed by atoms with Gasteiger partial charge in [0.15, 0.2) is 0 Å². The lowest BCUT2D eigenvalue weighted by atomic mass is 10.1. The average Bonchev–Trinajstić information content (AvgIpc) is 2.18. The molecule has 0 unspecified atom stereocenters. The predicted molar refractivity (Wildman–Crippen MR) is 59.5 cm³/mol. The second-order valence-electron chi connectivity index (χ2n) is 3.16. The van der Waals surface area contributed by atoms with Gasteiger partial charge in [-0.2, -0.15) is 0 Å². The molecule has 0 amide bonds. The first-order chi connectivity index (χ1) is 6.81. The summed E-state index contributed by atoms with van der Waals surface area (Å²) in [4.78, 5) is 4.30. The summed E-state index contributed by atoms with van der Waals surface area (Å²) in [5, 5.41) is 3.01. The number of halogens is 1. The highest BCUT2D eigenvalue weighted by molar-refractivity contribution is 6.31. The quantitative estimate of drug-likeness (QED) is 0.820. The topological polar surface area (TPSA) is 38.9 Å². The van der Waals surface area contributed by atoms with Gasteiger partial charge in [0.2, 0.25) is 0 Å². The summed E-state index contributed by atoms with van der Waals surface area (Å²) in [6.45, 7) is 0.620. The fraction of sp³-hybridized carbons (Fsp3) is 0.182. The highest BCUT2D eigenvalue weighted by Gasteiger charge is 2.01. The summed E-state index contributed by atoms with van der Waals surface area (Å²) in [5.74, 6) is 0. The smallest absolute Gasteiger partial charge is 0.0494 e. The van der Waals surface area contributed by atoms with E-state index in [1.54, 1.807) is 6.20 Å². The van der Waals surface area contributed by atoms with E-state index in [2.05, 4.69) is 4.98 Å². The average molecular weight is 207 g/mol. The number of rotatable bonds is 2. The van der Waals surface area contributed by atoms with E-state index in [0.717, 1.165) is 27.9 Å². The van der Waals surface area contributed by atoms with Crippen LogP contribution in [0, 0.1) is 0 Å². The standard InChI is InChI=1S/C11H11ClN2/c12-9-1-2-10-8(7-9)4-6-14-11(10)3-5-13/h1-2,4,6-7H,3,5,13H2. The molecule has 0 saturated heterocycles. The summed E-state index contributed by atoms with van der Waals surface area (Å²) in [5.41, 5.74) is 6.56.